The van der Waals surface area contributed by atoms with E-state index in [1.165, 1.54) is 6.07 Å². The second-order valence-electron chi connectivity index (χ2n) is 6.34. The summed E-state index contributed by atoms with van der Waals surface area (Å²) in [6, 6.07) is 18.2. The number of amides is 1. The van der Waals surface area contributed by atoms with Crippen molar-refractivity contribution in [1.29, 1.82) is 0 Å². The Morgan fingerprint density at radius 1 is 1.00 bits per heavy atom. The molecule has 4 aromatic rings. The number of halogens is 1. The number of carbonyl (C=O) groups excluding carboxylic acids is 1. The monoisotopic (exact) mass is 403 g/mol. The van der Waals surface area contributed by atoms with Gasteiger partial charge in [0, 0.05) is 24.2 Å². The number of hydrogen-bond acceptors (Lipinski definition) is 4. The van der Waals surface area contributed by atoms with E-state index < -0.39 is 11.7 Å². The normalized spacial score (nSPS) is 10.5. The molecule has 2 heterocycles. The Kier molecular flexibility index (Phi) is 5.43. The highest BCUT2D eigenvalue weighted by Crippen LogP contribution is 2.28. The highest BCUT2D eigenvalue weighted by Gasteiger charge is 2.14. The molecule has 0 aliphatic carbocycles. The van der Waals surface area contributed by atoms with Gasteiger partial charge in [-0.3, -0.25) is 4.79 Å². The summed E-state index contributed by atoms with van der Waals surface area (Å²) in [7, 11) is 1.58. The molecular formula is C23H18FN3O3. The van der Waals surface area contributed by atoms with Crippen LogP contribution in [-0.4, -0.2) is 22.6 Å². The summed E-state index contributed by atoms with van der Waals surface area (Å²) in [5, 5.41) is 2.73. The zero-order valence-electron chi connectivity index (χ0n) is 16.1. The molecule has 2 aromatic heterocycles. The Morgan fingerprint density at radius 2 is 1.73 bits per heavy atom. The van der Waals surface area contributed by atoms with Crippen molar-refractivity contribution < 1.29 is 18.7 Å². The van der Waals surface area contributed by atoms with Gasteiger partial charge in [0.2, 0.25) is 5.88 Å². The second kappa shape index (κ2) is 8.48. The van der Waals surface area contributed by atoms with E-state index >= 15 is 0 Å². The molecule has 0 radical (unpaired) electrons. The van der Waals surface area contributed by atoms with E-state index in [2.05, 4.69) is 10.3 Å². The van der Waals surface area contributed by atoms with Gasteiger partial charge in [0.1, 0.15) is 23.0 Å². The van der Waals surface area contributed by atoms with E-state index in [9.17, 15) is 9.18 Å². The van der Waals surface area contributed by atoms with E-state index in [4.69, 9.17) is 9.47 Å². The van der Waals surface area contributed by atoms with Crippen LogP contribution in [0.4, 0.5) is 10.1 Å². The van der Waals surface area contributed by atoms with Crippen molar-refractivity contribution >= 4 is 11.6 Å². The molecule has 150 valence electrons. The standard InChI is InChI=1S/C23H18FN3O3/c1-29-17-7-9-18(10-8-17)30-23-20(5-4-12-25-23)26-22(28)16-6-11-21(19(24)15-16)27-13-2-3-14-27/h2-15H,1H3,(H,26,28). The molecule has 30 heavy (non-hydrogen) atoms. The lowest BCUT2D eigenvalue weighted by Crippen LogP contribution is -2.13. The van der Waals surface area contributed by atoms with Crippen LogP contribution in [0.15, 0.2) is 85.3 Å². The maximum Gasteiger partial charge on any atom is 0.255 e. The van der Waals surface area contributed by atoms with Crippen molar-refractivity contribution in [3.63, 3.8) is 0 Å². The van der Waals surface area contributed by atoms with Gasteiger partial charge < -0.3 is 19.4 Å². The van der Waals surface area contributed by atoms with E-state index in [0.717, 1.165) is 0 Å². The van der Waals surface area contributed by atoms with Gasteiger partial charge in [0.15, 0.2) is 0 Å². The van der Waals surface area contributed by atoms with Crippen molar-refractivity contribution in [2.75, 3.05) is 12.4 Å². The lowest BCUT2D eigenvalue weighted by atomic mass is 10.1. The van der Waals surface area contributed by atoms with Crippen LogP contribution >= 0.6 is 0 Å². The molecule has 0 saturated heterocycles. The summed E-state index contributed by atoms with van der Waals surface area (Å²) >= 11 is 0. The number of carbonyl (C=O) groups is 1. The van der Waals surface area contributed by atoms with Crippen molar-refractivity contribution in [3.8, 4) is 23.1 Å². The largest absolute Gasteiger partial charge is 0.497 e. The Morgan fingerprint density at radius 3 is 2.43 bits per heavy atom. The van der Waals surface area contributed by atoms with Gasteiger partial charge in [-0.15, -0.1) is 0 Å². The first-order chi connectivity index (χ1) is 14.6. The number of aromatic nitrogens is 2. The Bertz CT molecular complexity index is 1160. The highest BCUT2D eigenvalue weighted by molar-refractivity contribution is 6.05. The Balaban J connectivity index is 1.53. The van der Waals surface area contributed by atoms with Crippen molar-refractivity contribution in [2.24, 2.45) is 0 Å². The zero-order valence-corrected chi connectivity index (χ0v) is 16.1. The molecule has 0 fully saturated rings. The van der Waals surface area contributed by atoms with E-state index in [1.807, 2.05) is 0 Å². The van der Waals surface area contributed by atoms with Crippen LogP contribution in [0.25, 0.3) is 5.69 Å². The van der Waals surface area contributed by atoms with Gasteiger partial charge in [0.25, 0.3) is 5.91 Å². The number of rotatable bonds is 6. The number of anilines is 1. The average Bonchev–Trinajstić information content (AvgIpc) is 3.30. The number of pyridine rings is 1. The molecular weight excluding hydrogens is 385 g/mol. The first-order valence-electron chi connectivity index (χ1n) is 9.15. The Hall–Kier alpha value is -4.13. The maximum absolute atomic E-state index is 14.5. The summed E-state index contributed by atoms with van der Waals surface area (Å²) in [5.41, 5.74) is 0.914. The molecule has 0 unspecified atom stereocenters. The smallest absolute Gasteiger partial charge is 0.255 e. The number of nitrogens with one attached hydrogen (secondary N) is 1. The predicted molar refractivity (Wildman–Crippen MR) is 111 cm³/mol. The first-order valence-corrected chi connectivity index (χ1v) is 9.15. The molecule has 0 bridgehead atoms. The maximum atomic E-state index is 14.5. The minimum Gasteiger partial charge on any atom is -0.497 e. The molecule has 7 heteroatoms. The van der Waals surface area contributed by atoms with Crippen molar-refractivity contribution in [3.05, 3.63) is 96.7 Å². The molecule has 0 spiro atoms. The van der Waals surface area contributed by atoms with Crippen LogP contribution in [0.3, 0.4) is 0 Å². The molecule has 1 amide bonds. The van der Waals surface area contributed by atoms with Gasteiger partial charge in [-0.05, 0) is 66.7 Å². The topological polar surface area (TPSA) is 65.4 Å². The minimum atomic E-state index is -0.500. The average molecular weight is 403 g/mol. The zero-order chi connectivity index (χ0) is 20.9. The van der Waals surface area contributed by atoms with Gasteiger partial charge in [-0.1, -0.05) is 0 Å². The van der Waals surface area contributed by atoms with E-state index in [0.29, 0.717) is 22.9 Å². The van der Waals surface area contributed by atoms with Crippen molar-refractivity contribution in [2.45, 2.75) is 0 Å². The molecule has 0 aliphatic heterocycles. The summed E-state index contributed by atoms with van der Waals surface area (Å²) in [6.45, 7) is 0. The number of nitrogens with zero attached hydrogens (tertiary/aromatic N) is 2. The molecule has 4 rings (SSSR count). The summed E-state index contributed by atoms with van der Waals surface area (Å²) in [5.74, 6) is 0.482. The van der Waals surface area contributed by atoms with Crippen LogP contribution in [0.5, 0.6) is 17.4 Å². The summed E-state index contributed by atoms with van der Waals surface area (Å²) in [4.78, 5) is 16.9. The highest BCUT2D eigenvalue weighted by atomic mass is 19.1. The second-order valence-corrected chi connectivity index (χ2v) is 6.34. The minimum absolute atomic E-state index is 0.183. The molecule has 2 aromatic carbocycles. The van der Waals surface area contributed by atoms with Gasteiger partial charge >= 0.3 is 0 Å². The quantitative estimate of drug-likeness (QED) is 0.488. The molecule has 0 atom stereocenters. The Labute approximate surface area is 172 Å². The molecule has 6 nitrogen and oxygen atoms in total. The summed E-state index contributed by atoms with van der Waals surface area (Å²) < 4.78 is 27.0. The number of methoxy groups -OCH3 is 1. The van der Waals surface area contributed by atoms with Crippen LogP contribution in [-0.2, 0) is 0 Å². The van der Waals surface area contributed by atoms with Crippen LogP contribution in [0.1, 0.15) is 10.4 Å². The van der Waals surface area contributed by atoms with Gasteiger partial charge in [0.05, 0.1) is 12.8 Å². The third-order valence-electron chi connectivity index (χ3n) is 4.39. The third-order valence-corrected chi connectivity index (χ3v) is 4.39. The van der Waals surface area contributed by atoms with E-state index in [1.54, 1.807) is 90.9 Å². The predicted octanol–water partition coefficient (Wildman–Crippen LogP) is 5.06. The fourth-order valence-corrected chi connectivity index (χ4v) is 2.87. The molecule has 1 N–H and O–H groups in total. The van der Waals surface area contributed by atoms with Crippen LogP contribution < -0.4 is 14.8 Å². The third kappa shape index (κ3) is 4.15. The lowest BCUT2D eigenvalue weighted by molar-refractivity contribution is 0.102. The fraction of sp³-hybridized carbons (Fsp3) is 0.0435. The van der Waals surface area contributed by atoms with E-state index in [-0.39, 0.29) is 11.4 Å². The molecule has 0 saturated carbocycles. The van der Waals surface area contributed by atoms with Crippen LogP contribution in [0.2, 0.25) is 0 Å². The first kappa shape index (κ1) is 19.2. The summed E-state index contributed by atoms with van der Waals surface area (Å²) in [6.07, 6.45) is 5.02. The number of ether oxygens (including phenoxy) is 2. The number of hydrogen-bond donors (Lipinski definition) is 1. The van der Waals surface area contributed by atoms with Crippen LogP contribution in [0, 0.1) is 5.82 Å². The fourth-order valence-electron chi connectivity index (χ4n) is 2.87. The van der Waals surface area contributed by atoms with Crippen molar-refractivity contribution in [1.82, 2.24) is 9.55 Å². The van der Waals surface area contributed by atoms with Gasteiger partial charge in [-0.2, -0.15) is 0 Å². The number of benzene rings is 2. The van der Waals surface area contributed by atoms with Gasteiger partial charge in [-0.25, -0.2) is 9.37 Å². The lowest BCUT2D eigenvalue weighted by Gasteiger charge is -2.12. The SMILES string of the molecule is COc1ccc(Oc2ncccc2NC(=O)c2ccc(-n3cccc3)c(F)c2)cc1. The molecule has 0 aliphatic rings.